The van der Waals surface area contributed by atoms with Gasteiger partial charge in [-0.3, -0.25) is 9.59 Å². The molecule has 0 saturated heterocycles. The Hall–Kier alpha value is -1.70. The van der Waals surface area contributed by atoms with Gasteiger partial charge in [-0.15, -0.1) is 0 Å². The van der Waals surface area contributed by atoms with Gasteiger partial charge in [0.2, 0.25) is 0 Å². The summed E-state index contributed by atoms with van der Waals surface area (Å²) in [4.78, 5) is 24.6. The average Bonchev–Trinajstić information content (AvgIpc) is 2.62. The van der Waals surface area contributed by atoms with Gasteiger partial charge in [0.25, 0.3) is 0 Å². The van der Waals surface area contributed by atoms with Crippen LogP contribution in [0.5, 0.6) is 0 Å². The predicted octanol–water partition coefficient (Wildman–Crippen LogP) is 7.32. The maximum atomic E-state index is 12.9. The SMILES string of the molecule is CCC(=O)/C=C/C1=C(C)CCC(CC(=O)/C=C/C2=C(C)CCCC2(C)C)C1(C)C. The summed E-state index contributed by atoms with van der Waals surface area (Å²) < 4.78 is 0. The van der Waals surface area contributed by atoms with Crippen molar-refractivity contribution in [3.63, 3.8) is 0 Å². The van der Waals surface area contributed by atoms with Crippen molar-refractivity contribution in [2.75, 3.05) is 0 Å². The largest absolute Gasteiger partial charge is 0.295 e. The number of rotatable bonds is 7. The number of carbonyl (C=O) groups excluding carboxylic acids is 2. The van der Waals surface area contributed by atoms with Gasteiger partial charge in [0, 0.05) is 12.8 Å². The Morgan fingerprint density at radius 3 is 2.14 bits per heavy atom. The number of allylic oxidation sites excluding steroid dienone is 8. The van der Waals surface area contributed by atoms with Crippen molar-refractivity contribution in [1.29, 1.82) is 0 Å². The summed E-state index contributed by atoms with van der Waals surface area (Å²) in [6, 6.07) is 0. The van der Waals surface area contributed by atoms with Gasteiger partial charge < -0.3 is 0 Å². The fourth-order valence-corrected chi connectivity index (χ4v) is 5.16. The summed E-state index contributed by atoms with van der Waals surface area (Å²) in [6.07, 6.45) is 14.3. The molecule has 160 valence electrons. The minimum atomic E-state index is -0.102. The molecule has 0 radical (unpaired) electrons. The van der Waals surface area contributed by atoms with Crippen LogP contribution < -0.4 is 0 Å². The van der Waals surface area contributed by atoms with E-state index in [2.05, 4.69) is 47.6 Å². The molecule has 0 aliphatic heterocycles. The summed E-state index contributed by atoms with van der Waals surface area (Å²) in [5.74, 6) is 0.674. The number of ketones is 2. The van der Waals surface area contributed by atoms with Gasteiger partial charge in [-0.2, -0.15) is 0 Å². The van der Waals surface area contributed by atoms with E-state index in [0.717, 1.165) is 19.3 Å². The molecule has 29 heavy (non-hydrogen) atoms. The minimum absolute atomic E-state index is 0.102. The van der Waals surface area contributed by atoms with Crippen LogP contribution >= 0.6 is 0 Å². The molecule has 0 heterocycles. The Kier molecular flexibility index (Phi) is 7.65. The quantitative estimate of drug-likeness (QED) is 0.423. The van der Waals surface area contributed by atoms with Crippen molar-refractivity contribution in [2.24, 2.45) is 16.7 Å². The van der Waals surface area contributed by atoms with Crippen molar-refractivity contribution < 1.29 is 9.59 Å². The van der Waals surface area contributed by atoms with Gasteiger partial charge in [-0.25, -0.2) is 0 Å². The second-order valence-corrected chi connectivity index (χ2v) is 10.2. The van der Waals surface area contributed by atoms with Crippen LogP contribution in [0.25, 0.3) is 0 Å². The van der Waals surface area contributed by atoms with Crippen LogP contribution in [0.2, 0.25) is 0 Å². The molecule has 0 aromatic heterocycles. The summed E-state index contributed by atoms with van der Waals surface area (Å²) >= 11 is 0. The lowest BCUT2D eigenvalue weighted by Gasteiger charge is -2.40. The van der Waals surface area contributed by atoms with Crippen LogP contribution in [0.15, 0.2) is 46.6 Å². The van der Waals surface area contributed by atoms with E-state index in [9.17, 15) is 9.59 Å². The molecule has 0 bridgehead atoms. The Labute approximate surface area is 178 Å². The first-order valence-corrected chi connectivity index (χ1v) is 11.3. The lowest BCUT2D eigenvalue weighted by Crippen LogP contribution is -2.31. The monoisotopic (exact) mass is 396 g/mol. The topological polar surface area (TPSA) is 34.1 Å². The maximum Gasteiger partial charge on any atom is 0.156 e. The first-order valence-electron chi connectivity index (χ1n) is 11.3. The van der Waals surface area contributed by atoms with Crippen molar-refractivity contribution in [3.05, 3.63) is 46.6 Å². The molecule has 0 aromatic rings. The first kappa shape index (κ1) is 23.6. The Balaban J connectivity index is 2.14. The molecule has 2 nitrogen and oxygen atoms in total. The van der Waals surface area contributed by atoms with E-state index in [1.54, 1.807) is 6.08 Å². The minimum Gasteiger partial charge on any atom is -0.295 e. The highest BCUT2D eigenvalue weighted by atomic mass is 16.1. The molecular weight excluding hydrogens is 356 g/mol. The molecule has 1 unspecified atom stereocenters. The van der Waals surface area contributed by atoms with Crippen LogP contribution in [0, 0.1) is 16.7 Å². The van der Waals surface area contributed by atoms with Crippen LogP contribution in [-0.4, -0.2) is 11.6 Å². The van der Waals surface area contributed by atoms with Gasteiger partial charge in [-0.05, 0) is 86.0 Å². The molecule has 0 fully saturated rings. The zero-order valence-electron chi connectivity index (χ0n) is 19.7. The van der Waals surface area contributed by atoms with E-state index in [1.807, 2.05) is 19.1 Å². The Morgan fingerprint density at radius 2 is 1.52 bits per heavy atom. The summed E-state index contributed by atoms with van der Waals surface area (Å²) in [7, 11) is 0. The maximum absolute atomic E-state index is 12.9. The summed E-state index contributed by atoms with van der Waals surface area (Å²) in [6.45, 7) is 15.3. The highest BCUT2D eigenvalue weighted by Gasteiger charge is 2.37. The second-order valence-electron chi connectivity index (χ2n) is 10.2. The molecule has 0 aromatic carbocycles. The lowest BCUT2D eigenvalue weighted by molar-refractivity contribution is -0.116. The standard InChI is InChI=1S/C27H40O2/c1-8-22(28)13-16-25-20(3)11-12-21(27(25,6)7)18-23(29)14-15-24-19(2)10-9-17-26(24,4)5/h13-16,21H,8-12,17-18H2,1-7H3/b15-14+,16-13+. The molecule has 2 aliphatic rings. The molecule has 2 rings (SSSR count). The van der Waals surface area contributed by atoms with E-state index in [-0.39, 0.29) is 22.4 Å². The third kappa shape index (κ3) is 5.68. The highest BCUT2D eigenvalue weighted by Crippen LogP contribution is 2.47. The zero-order chi connectivity index (χ0) is 21.8. The number of carbonyl (C=O) groups is 2. The summed E-state index contributed by atoms with van der Waals surface area (Å²) in [5.41, 5.74) is 5.41. The van der Waals surface area contributed by atoms with Gasteiger partial charge in [0.1, 0.15) is 0 Å². The van der Waals surface area contributed by atoms with E-state index in [4.69, 9.17) is 0 Å². The van der Waals surface area contributed by atoms with Crippen LogP contribution in [0.1, 0.15) is 93.4 Å². The Bertz CT molecular complexity index is 768. The predicted molar refractivity (Wildman–Crippen MR) is 123 cm³/mol. The van der Waals surface area contributed by atoms with E-state index in [0.29, 0.717) is 18.8 Å². The van der Waals surface area contributed by atoms with Gasteiger partial charge >= 0.3 is 0 Å². The normalized spacial score (nSPS) is 24.6. The van der Waals surface area contributed by atoms with E-state index >= 15 is 0 Å². The van der Waals surface area contributed by atoms with Crippen molar-refractivity contribution in [3.8, 4) is 0 Å². The molecular formula is C27H40O2. The van der Waals surface area contributed by atoms with Gasteiger partial charge in [0.05, 0.1) is 0 Å². The smallest absolute Gasteiger partial charge is 0.156 e. The van der Waals surface area contributed by atoms with Crippen molar-refractivity contribution in [2.45, 2.75) is 93.4 Å². The molecule has 0 N–H and O–H groups in total. The van der Waals surface area contributed by atoms with Crippen LogP contribution in [0.4, 0.5) is 0 Å². The molecule has 2 aliphatic carbocycles. The second kappa shape index (κ2) is 9.41. The number of hydrogen-bond donors (Lipinski definition) is 0. The third-order valence-electron chi connectivity index (χ3n) is 7.25. The molecule has 1 atom stereocenters. The lowest BCUT2D eigenvalue weighted by atomic mass is 9.64. The zero-order valence-corrected chi connectivity index (χ0v) is 19.7. The summed E-state index contributed by atoms with van der Waals surface area (Å²) in [5, 5.41) is 0. The van der Waals surface area contributed by atoms with Crippen molar-refractivity contribution >= 4 is 11.6 Å². The van der Waals surface area contributed by atoms with Gasteiger partial charge in [0.15, 0.2) is 11.6 Å². The van der Waals surface area contributed by atoms with Crippen LogP contribution in [-0.2, 0) is 9.59 Å². The van der Waals surface area contributed by atoms with E-state index < -0.39 is 0 Å². The fourth-order valence-electron chi connectivity index (χ4n) is 5.16. The molecule has 0 saturated carbocycles. The fraction of sp³-hybridized carbons (Fsp3) is 0.630. The molecule has 2 heteroatoms. The third-order valence-corrected chi connectivity index (χ3v) is 7.25. The first-order chi connectivity index (χ1) is 13.5. The average molecular weight is 397 g/mol. The van der Waals surface area contributed by atoms with Crippen LogP contribution in [0.3, 0.4) is 0 Å². The molecule has 0 spiro atoms. The van der Waals surface area contributed by atoms with Gasteiger partial charge in [-0.1, -0.05) is 57.9 Å². The molecule has 0 amide bonds. The van der Waals surface area contributed by atoms with E-state index in [1.165, 1.54) is 35.1 Å². The highest BCUT2D eigenvalue weighted by molar-refractivity contribution is 5.91. The van der Waals surface area contributed by atoms with Crippen molar-refractivity contribution in [1.82, 2.24) is 0 Å². The number of hydrogen-bond acceptors (Lipinski definition) is 2. The Morgan fingerprint density at radius 1 is 0.931 bits per heavy atom.